The number of aromatic nitrogens is 2. The van der Waals surface area contributed by atoms with Crippen LogP contribution in [-0.2, 0) is 13.2 Å². The van der Waals surface area contributed by atoms with Gasteiger partial charge in [-0.2, -0.15) is 0 Å². The highest BCUT2D eigenvalue weighted by molar-refractivity contribution is 5.84. The van der Waals surface area contributed by atoms with Crippen molar-refractivity contribution in [2.75, 3.05) is 0 Å². The van der Waals surface area contributed by atoms with Crippen molar-refractivity contribution in [1.82, 2.24) is 9.55 Å². The lowest BCUT2D eigenvalue weighted by Gasteiger charge is -2.09. The molecule has 3 rings (SSSR count). The Balaban J connectivity index is 1.97. The van der Waals surface area contributed by atoms with Crippen LogP contribution in [0.15, 0.2) is 48.9 Å². The van der Waals surface area contributed by atoms with Gasteiger partial charge >= 0.3 is 0 Å². The van der Waals surface area contributed by atoms with Crippen LogP contribution in [-0.4, -0.2) is 9.55 Å². The van der Waals surface area contributed by atoms with Gasteiger partial charge in [0.05, 0.1) is 6.20 Å². The average Bonchev–Trinajstić information content (AvgIpc) is 2.92. The molecule has 0 atom stereocenters. The molecule has 0 aliphatic carbocycles. The van der Waals surface area contributed by atoms with Crippen molar-refractivity contribution in [2.45, 2.75) is 33.0 Å². The first-order valence-electron chi connectivity index (χ1n) is 7.54. The highest BCUT2D eigenvalue weighted by Gasteiger charge is 2.11. The molecule has 0 fully saturated rings. The molecule has 0 saturated heterocycles. The predicted molar refractivity (Wildman–Crippen MR) is 88.8 cm³/mol. The Morgan fingerprint density at radius 2 is 2.14 bits per heavy atom. The topological polar surface area (TPSA) is 53.1 Å². The van der Waals surface area contributed by atoms with Gasteiger partial charge in [-0.1, -0.05) is 6.07 Å². The summed E-state index contributed by atoms with van der Waals surface area (Å²) in [4.78, 5) is 4.07. The Morgan fingerprint density at radius 3 is 2.82 bits per heavy atom. The molecule has 0 spiro atoms. The van der Waals surface area contributed by atoms with Gasteiger partial charge in [0.1, 0.15) is 12.4 Å². The molecule has 2 aromatic heterocycles. The van der Waals surface area contributed by atoms with Crippen LogP contribution < -0.4 is 10.5 Å². The minimum atomic E-state index is 0.401. The van der Waals surface area contributed by atoms with E-state index in [1.54, 1.807) is 12.4 Å². The number of pyridine rings is 1. The van der Waals surface area contributed by atoms with Gasteiger partial charge in [0.25, 0.3) is 0 Å². The summed E-state index contributed by atoms with van der Waals surface area (Å²) < 4.78 is 8.14. The molecule has 0 unspecified atom stereocenters. The van der Waals surface area contributed by atoms with Crippen LogP contribution in [0.1, 0.15) is 31.0 Å². The summed E-state index contributed by atoms with van der Waals surface area (Å²) in [7, 11) is 0. The summed E-state index contributed by atoms with van der Waals surface area (Å²) in [5, 5.41) is 1.21. The van der Waals surface area contributed by atoms with Crippen LogP contribution in [0.2, 0.25) is 0 Å². The fourth-order valence-electron chi connectivity index (χ4n) is 2.64. The molecule has 0 bridgehead atoms. The van der Waals surface area contributed by atoms with E-state index in [0.29, 0.717) is 19.2 Å². The van der Waals surface area contributed by atoms with E-state index in [2.05, 4.69) is 47.8 Å². The molecule has 2 heterocycles. The first-order chi connectivity index (χ1) is 10.7. The van der Waals surface area contributed by atoms with Gasteiger partial charge in [-0.15, -0.1) is 0 Å². The van der Waals surface area contributed by atoms with Crippen LogP contribution >= 0.6 is 0 Å². The number of nitrogens with two attached hydrogens (primary N) is 1. The summed E-state index contributed by atoms with van der Waals surface area (Å²) in [5.74, 6) is 0.780. The molecule has 0 saturated carbocycles. The number of benzene rings is 1. The van der Waals surface area contributed by atoms with Gasteiger partial charge in [0.2, 0.25) is 0 Å². The Bertz CT molecular complexity index is 763. The molecule has 1 aromatic carbocycles. The molecule has 4 nitrogen and oxygen atoms in total. The Labute approximate surface area is 130 Å². The van der Waals surface area contributed by atoms with E-state index in [9.17, 15) is 0 Å². The highest BCUT2D eigenvalue weighted by Crippen LogP contribution is 2.27. The second-order valence-corrected chi connectivity index (χ2v) is 5.69. The third-order valence-electron chi connectivity index (χ3n) is 3.80. The molecule has 114 valence electrons. The van der Waals surface area contributed by atoms with E-state index in [1.807, 2.05) is 12.1 Å². The lowest BCUT2D eigenvalue weighted by molar-refractivity contribution is 0.306. The van der Waals surface area contributed by atoms with E-state index < -0.39 is 0 Å². The van der Waals surface area contributed by atoms with E-state index in [0.717, 1.165) is 11.3 Å². The zero-order valence-corrected chi connectivity index (χ0v) is 13.0. The molecular formula is C18H21N3O. The molecule has 0 radical (unpaired) electrons. The minimum Gasteiger partial charge on any atom is -0.487 e. The van der Waals surface area contributed by atoms with Gasteiger partial charge in [-0.25, -0.2) is 0 Å². The van der Waals surface area contributed by atoms with Crippen molar-refractivity contribution < 1.29 is 4.74 Å². The van der Waals surface area contributed by atoms with E-state index in [1.165, 1.54) is 16.5 Å². The third kappa shape index (κ3) is 2.83. The van der Waals surface area contributed by atoms with Gasteiger partial charge in [0, 0.05) is 41.4 Å². The van der Waals surface area contributed by atoms with Crippen molar-refractivity contribution in [2.24, 2.45) is 5.73 Å². The molecule has 3 aromatic rings. The normalized spacial score (nSPS) is 11.3. The van der Waals surface area contributed by atoms with E-state index >= 15 is 0 Å². The van der Waals surface area contributed by atoms with Crippen molar-refractivity contribution in [3.8, 4) is 5.75 Å². The second kappa shape index (κ2) is 6.20. The standard InChI is InChI=1S/C18H21N3O/c1-13(2)21-11-15(12-22-16-4-3-7-20-10-16)17-8-14(9-19)5-6-18(17)21/h3-8,10-11,13H,9,12,19H2,1-2H3. The van der Waals surface area contributed by atoms with E-state index in [-0.39, 0.29) is 0 Å². The zero-order chi connectivity index (χ0) is 15.5. The maximum absolute atomic E-state index is 5.86. The maximum atomic E-state index is 5.86. The van der Waals surface area contributed by atoms with Crippen molar-refractivity contribution in [3.63, 3.8) is 0 Å². The predicted octanol–water partition coefficient (Wildman–Crippen LogP) is 3.65. The van der Waals surface area contributed by atoms with Crippen molar-refractivity contribution in [3.05, 3.63) is 60.0 Å². The summed E-state index contributed by atoms with van der Waals surface area (Å²) in [6.45, 7) is 5.44. The lowest BCUT2D eigenvalue weighted by Crippen LogP contribution is -1.99. The van der Waals surface area contributed by atoms with Crippen LogP contribution in [0.25, 0.3) is 10.9 Å². The van der Waals surface area contributed by atoms with Crippen LogP contribution in [0.5, 0.6) is 5.75 Å². The molecule has 4 heteroatoms. The molecule has 22 heavy (non-hydrogen) atoms. The summed E-state index contributed by atoms with van der Waals surface area (Å²) >= 11 is 0. The van der Waals surface area contributed by atoms with Crippen LogP contribution in [0.4, 0.5) is 0 Å². The maximum Gasteiger partial charge on any atom is 0.138 e. The fraction of sp³-hybridized carbons (Fsp3) is 0.278. The Hall–Kier alpha value is -2.33. The molecular weight excluding hydrogens is 274 g/mol. The first kappa shape index (κ1) is 14.6. The quantitative estimate of drug-likeness (QED) is 0.781. The summed E-state index contributed by atoms with van der Waals surface area (Å²) in [6.07, 6.45) is 5.64. The summed E-state index contributed by atoms with van der Waals surface area (Å²) in [5.41, 5.74) is 9.30. The van der Waals surface area contributed by atoms with Crippen molar-refractivity contribution >= 4 is 10.9 Å². The smallest absolute Gasteiger partial charge is 0.138 e. The molecule has 0 aliphatic rings. The van der Waals surface area contributed by atoms with Crippen molar-refractivity contribution in [1.29, 1.82) is 0 Å². The van der Waals surface area contributed by atoms with Gasteiger partial charge < -0.3 is 15.0 Å². The first-order valence-corrected chi connectivity index (χ1v) is 7.54. The Morgan fingerprint density at radius 1 is 1.27 bits per heavy atom. The van der Waals surface area contributed by atoms with Gasteiger partial charge in [0.15, 0.2) is 0 Å². The molecule has 2 N–H and O–H groups in total. The van der Waals surface area contributed by atoms with Gasteiger partial charge in [-0.05, 0) is 43.7 Å². The number of ether oxygens (including phenoxy) is 1. The number of rotatable bonds is 5. The monoisotopic (exact) mass is 295 g/mol. The lowest BCUT2D eigenvalue weighted by atomic mass is 10.1. The number of fused-ring (bicyclic) bond motifs is 1. The number of hydrogen-bond acceptors (Lipinski definition) is 3. The highest BCUT2D eigenvalue weighted by atomic mass is 16.5. The van der Waals surface area contributed by atoms with Crippen LogP contribution in [0.3, 0.4) is 0 Å². The third-order valence-corrected chi connectivity index (χ3v) is 3.80. The molecule has 0 amide bonds. The van der Waals surface area contributed by atoms with Crippen LogP contribution in [0, 0.1) is 0 Å². The fourth-order valence-corrected chi connectivity index (χ4v) is 2.64. The average molecular weight is 295 g/mol. The molecule has 0 aliphatic heterocycles. The second-order valence-electron chi connectivity index (χ2n) is 5.69. The summed E-state index contributed by atoms with van der Waals surface area (Å²) in [6, 6.07) is 10.6. The number of hydrogen-bond donors (Lipinski definition) is 1. The van der Waals surface area contributed by atoms with E-state index in [4.69, 9.17) is 10.5 Å². The Kier molecular flexibility index (Phi) is 4.11. The number of nitrogens with zero attached hydrogens (tertiary/aromatic N) is 2. The largest absolute Gasteiger partial charge is 0.487 e. The zero-order valence-electron chi connectivity index (χ0n) is 13.0. The van der Waals surface area contributed by atoms with Gasteiger partial charge in [-0.3, -0.25) is 4.98 Å². The minimum absolute atomic E-state index is 0.401. The SMILES string of the molecule is CC(C)n1cc(COc2cccnc2)c2cc(CN)ccc21.